The Hall–Kier alpha value is -2.59. The number of carbonyl (C=O) groups excluding carboxylic acids is 1. The molecule has 0 aliphatic rings. The first-order valence-corrected chi connectivity index (χ1v) is 7.30. The number of nitriles is 1. The van der Waals surface area contributed by atoms with Crippen molar-refractivity contribution in [1.29, 1.82) is 5.26 Å². The molecule has 0 atom stereocenters. The summed E-state index contributed by atoms with van der Waals surface area (Å²) in [6, 6.07) is 9.25. The average molecular weight is 299 g/mol. The second-order valence-corrected chi connectivity index (χ2v) is 4.90. The minimum absolute atomic E-state index is 0.122. The third-order valence-corrected chi connectivity index (χ3v) is 3.28. The molecule has 0 bridgehead atoms. The number of rotatable bonds is 4. The lowest BCUT2D eigenvalue weighted by molar-refractivity contribution is -0.114. The highest BCUT2D eigenvalue weighted by molar-refractivity contribution is 7.98. The van der Waals surface area contributed by atoms with E-state index in [1.807, 2.05) is 6.26 Å². The van der Waals surface area contributed by atoms with E-state index in [2.05, 4.69) is 26.7 Å². The monoisotopic (exact) mass is 299 g/mol. The van der Waals surface area contributed by atoms with Gasteiger partial charge >= 0.3 is 0 Å². The topological polar surface area (TPSA) is 90.7 Å². The Morgan fingerprint density at radius 2 is 1.90 bits per heavy atom. The second-order valence-electron chi connectivity index (χ2n) is 4.10. The summed E-state index contributed by atoms with van der Waals surface area (Å²) in [5, 5.41) is 15.6. The molecule has 6 nitrogen and oxygen atoms in total. The highest BCUT2D eigenvalue weighted by Crippen LogP contribution is 2.25. The van der Waals surface area contributed by atoms with Gasteiger partial charge < -0.3 is 10.6 Å². The molecule has 0 saturated heterocycles. The smallest absolute Gasteiger partial charge is 0.221 e. The molecule has 0 unspecified atom stereocenters. The Labute approximate surface area is 126 Å². The Balaban J connectivity index is 2.23. The van der Waals surface area contributed by atoms with Gasteiger partial charge in [-0.3, -0.25) is 4.79 Å². The average Bonchev–Trinajstić information content (AvgIpc) is 2.48. The lowest BCUT2D eigenvalue weighted by Gasteiger charge is -2.09. The van der Waals surface area contributed by atoms with E-state index in [4.69, 9.17) is 0 Å². The van der Waals surface area contributed by atoms with Gasteiger partial charge in [0.2, 0.25) is 5.91 Å². The fourth-order valence-corrected chi connectivity index (χ4v) is 2.20. The molecule has 7 heteroatoms. The van der Waals surface area contributed by atoms with Crippen molar-refractivity contribution in [3.63, 3.8) is 0 Å². The van der Waals surface area contributed by atoms with Crippen LogP contribution in [0.4, 0.5) is 17.2 Å². The zero-order chi connectivity index (χ0) is 15.2. The molecular weight excluding hydrogens is 286 g/mol. The van der Waals surface area contributed by atoms with Gasteiger partial charge in [-0.15, -0.1) is 11.8 Å². The van der Waals surface area contributed by atoms with E-state index in [1.165, 1.54) is 25.0 Å². The van der Waals surface area contributed by atoms with Gasteiger partial charge in [0, 0.05) is 18.3 Å². The van der Waals surface area contributed by atoms with E-state index in [1.54, 1.807) is 24.3 Å². The van der Waals surface area contributed by atoms with Crippen LogP contribution in [-0.2, 0) is 4.79 Å². The first-order valence-electron chi connectivity index (χ1n) is 6.08. The summed E-state index contributed by atoms with van der Waals surface area (Å²) in [6.45, 7) is 1.45. The molecule has 0 spiro atoms. The Morgan fingerprint density at radius 1 is 1.24 bits per heavy atom. The van der Waals surface area contributed by atoms with Crippen LogP contribution in [0.5, 0.6) is 0 Å². The summed E-state index contributed by atoms with van der Waals surface area (Å²) in [7, 11) is 0. The number of benzene rings is 1. The molecule has 106 valence electrons. The Kier molecular flexibility index (Phi) is 4.74. The number of amides is 1. The zero-order valence-corrected chi connectivity index (χ0v) is 12.4. The van der Waals surface area contributed by atoms with E-state index < -0.39 is 0 Å². The van der Waals surface area contributed by atoms with Crippen LogP contribution < -0.4 is 10.6 Å². The van der Waals surface area contributed by atoms with Crippen molar-refractivity contribution in [2.45, 2.75) is 11.9 Å². The lowest BCUT2D eigenvalue weighted by Crippen LogP contribution is -2.05. The predicted octanol–water partition coefficient (Wildman–Crippen LogP) is 2.77. The number of thioether (sulfide) groups is 1. The summed E-state index contributed by atoms with van der Waals surface area (Å²) < 4.78 is 0. The summed E-state index contributed by atoms with van der Waals surface area (Å²) in [4.78, 5) is 19.1. The fourth-order valence-electron chi connectivity index (χ4n) is 1.70. The van der Waals surface area contributed by atoms with Gasteiger partial charge in [0.25, 0.3) is 0 Å². The summed E-state index contributed by atoms with van der Waals surface area (Å²) in [6.07, 6.45) is 3.27. The highest BCUT2D eigenvalue weighted by Gasteiger charge is 2.10. The number of carbonyl (C=O) groups is 1. The molecular formula is C14H13N5OS. The summed E-state index contributed by atoms with van der Waals surface area (Å²) in [5.41, 5.74) is 1.89. The largest absolute Gasteiger partial charge is 0.339 e. The van der Waals surface area contributed by atoms with Crippen LogP contribution in [0.15, 0.2) is 35.6 Å². The highest BCUT2D eigenvalue weighted by atomic mass is 32.2. The van der Waals surface area contributed by atoms with Crippen molar-refractivity contribution in [2.24, 2.45) is 0 Å². The Bertz CT molecular complexity index is 694. The quantitative estimate of drug-likeness (QED) is 0.666. The summed E-state index contributed by atoms with van der Waals surface area (Å²) in [5.74, 6) is 0.340. The first-order chi connectivity index (χ1) is 10.1. The van der Waals surface area contributed by atoms with Gasteiger partial charge in [-0.05, 0) is 30.5 Å². The molecule has 0 fully saturated rings. The molecule has 21 heavy (non-hydrogen) atoms. The number of hydrogen-bond donors (Lipinski definition) is 2. The summed E-state index contributed by atoms with van der Waals surface area (Å²) >= 11 is 1.39. The standard InChI is InChI=1S/C14H13N5OS/c1-9(20)18-10-3-5-11(6-4-10)19-13-12(7-15)14(21-2)17-8-16-13/h3-6,8H,1-2H3,(H,18,20)(H,16,17,19). The SMILES string of the molecule is CSc1ncnc(Nc2ccc(NC(C)=O)cc2)c1C#N. The molecule has 1 heterocycles. The normalized spacial score (nSPS) is 9.76. The molecule has 1 amide bonds. The van der Waals surface area contributed by atoms with E-state index in [0.717, 1.165) is 5.69 Å². The number of aromatic nitrogens is 2. The predicted molar refractivity (Wildman–Crippen MR) is 82.6 cm³/mol. The van der Waals surface area contributed by atoms with Crippen molar-refractivity contribution < 1.29 is 4.79 Å². The second kappa shape index (κ2) is 6.72. The van der Waals surface area contributed by atoms with E-state index in [-0.39, 0.29) is 5.91 Å². The maximum atomic E-state index is 11.0. The van der Waals surface area contributed by atoms with E-state index >= 15 is 0 Å². The molecule has 2 rings (SSSR count). The van der Waals surface area contributed by atoms with Crippen LogP contribution in [0.25, 0.3) is 0 Å². The van der Waals surface area contributed by atoms with E-state index in [0.29, 0.717) is 22.1 Å². The van der Waals surface area contributed by atoms with Crippen molar-refractivity contribution in [1.82, 2.24) is 9.97 Å². The van der Waals surface area contributed by atoms with Crippen molar-refractivity contribution in [3.05, 3.63) is 36.2 Å². The molecule has 1 aromatic heterocycles. The first kappa shape index (κ1) is 14.8. The van der Waals surface area contributed by atoms with Crippen LogP contribution in [-0.4, -0.2) is 22.1 Å². The third kappa shape index (κ3) is 3.70. The van der Waals surface area contributed by atoms with Gasteiger partial charge in [0.15, 0.2) is 5.82 Å². The number of anilines is 3. The van der Waals surface area contributed by atoms with Crippen LogP contribution in [0.1, 0.15) is 12.5 Å². The van der Waals surface area contributed by atoms with Gasteiger partial charge in [-0.2, -0.15) is 5.26 Å². The van der Waals surface area contributed by atoms with Crippen molar-refractivity contribution >= 4 is 34.9 Å². The van der Waals surface area contributed by atoms with Gasteiger partial charge in [-0.1, -0.05) is 0 Å². The third-order valence-electron chi connectivity index (χ3n) is 2.59. The van der Waals surface area contributed by atoms with Crippen LogP contribution >= 0.6 is 11.8 Å². The molecule has 1 aromatic carbocycles. The molecule has 2 N–H and O–H groups in total. The Morgan fingerprint density at radius 3 is 2.48 bits per heavy atom. The maximum absolute atomic E-state index is 11.0. The minimum Gasteiger partial charge on any atom is -0.339 e. The van der Waals surface area contributed by atoms with Crippen LogP contribution in [0.2, 0.25) is 0 Å². The van der Waals surface area contributed by atoms with Crippen molar-refractivity contribution in [2.75, 3.05) is 16.9 Å². The molecule has 2 aromatic rings. The number of nitrogens with one attached hydrogen (secondary N) is 2. The molecule has 0 saturated carbocycles. The zero-order valence-electron chi connectivity index (χ0n) is 11.5. The van der Waals surface area contributed by atoms with Gasteiger partial charge in [-0.25, -0.2) is 9.97 Å². The minimum atomic E-state index is -0.122. The van der Waals surface area contributed by atoms with E-state index in [9.17, 15) is 10.1 Å². The number of nitrogens with zero attached hydrogens (tertiary/aromatic N) is 3. The number of hydrogen-bond acceptors (Lipinski definition) is 6. The molecule has 0 aliphatic heterocycles. The van der Waals surface area contributed by atoms with Crippen molar-refractivity contribution in [3.8, 4) is 6.07 Å². The van der Waals surface area contributed by atoms with Crippen LogP contribution in [0, 0.1) is 11.3 Å². The van der Waals surface area contributed by atoms with Gasteiger partial charge in [0.05, 0.1) is 0 Å². The fraction of sp³-hybridized carbons (Fsp3) is 0.143. The van der Waals surface area contributed by atoms with Gasteiger partial charge in [0.1, 0.15) is 23.0 Å². The molecule has 0 radical (unpaired) electrons. The molecule has 0 aliphatic carbocycles. The lowest BCUT2D eigenvalue weighted by atomic mass is 10.2. The van der Waals surface area contributed by atoms with Crippen LogP contribution in [0.3, 0.4) is 0 Å². The maximum Gasteiger partial charge on any atom is 0.221 e.